The summed E-state index contributed by atoms with van der Waals surface area (Å²) < 4.78 is 12.0. The van der Waals surface area contributed by atoms with Gasteiger partial charge in [-0.2, -0.15) is 0 Å². The molecule has 10 atom stereocenters. The van der Waals surface area contributed by atoms with Gasteiger partial charge >= 0.3 is 5.97 Å². The van der Waals surface area contributed by atoms with E-state index in [9.17, 15) is 29.4 Å². The number of carbonyl (C=O) groups excluding carboxylic acids is 4. The van der Waals surface area contributed by atoms with Crippen LogP contribution in [0.1, 0.15) is 126 Å². The van der Waals surface area contributed by atoms with Crippen LogP contribution in [0.2, 0.25) is 0 Å². The molecule has 1 fully saturated rings. The Balaban J connectivity index is 1.98. The van der Waals surface area contributed by atoms with Gasteiger partial charge in [0.05, 0.1) is 36.4 Å². The van der Waals surface area contributed by atoms with Crippen molar-refractivity contribution in [1.29, 1.82) is 0 Å². The maximum atomic E-state index is 14.7. The molecule has 0 aromatic rings. The number of hydrogen-bond donors (Lipinski definition) is 2. The normalized spacial score (nSPS) is 40.1. The standard InChI is InChI=1S/C41H62O8/c1-23(2)29-20-32(42)26(5)12-10-11-24(3)18-33(43)30-19-28(7)38-31(41(30,22-34(29)44)39(46)48-9)17-25(4)13-15-36-27(6)14-16-37(49-36)40(8,47)21-35(38)45/h14,17,23-24,26,29-31,35-37,45,47H,10-13,15-16,18-22H2,1-9H3/b25-17+/t24-,26+,29-,30+,31-,35+,36-,37+,40-,41+/m1/s1. The lowest BCUT2D eigenvalue weighted by Gasteiger charge is -2.50. The van der Waals surface area contributed by atoms with Gasteiger partial charge in [-0.1, -0.05) is 63.8 Å². The molecule has 1 saturated carbocycles. The summed E-state index contributed by atoms with van der Waals surface area (Å²) in [5, 5.41) is 24.0. The van der Waals surface area contributed by atoms with Gasteiger partial charge in [-0.3, -0.25) is 19.2 Å². The van der Waals surface area contributed by atoms with E-state index in [1.807, 2.05) is 54.5 Å². The predicted octanol–water partition coefficient (Wildman–Crippen LogP) is 7.05. The molecule has 0 aromatic heterocycles. The third kappa shape index (κ3) is 8.39. The maximum Gasteiger partial charge on any atom is 0.313 e. The van der Waals surface area contributed by atoms with E-state index in [1.54, 1.807) is 6.92 Å². The third-order valence-electron chi connectivity index (χ3n) is 12.4. The fourth-order valence-electron chi connectivity index (χ4n) is 9.18. The van der Waals surface area contributed by atoms with Gasteiger partial charge in [0.1, 0.15) is 17.3 Å². The van der Waals surface area contributed by atoms with E-state index in [-0.39, 0.29) is 73.3 Å². The van der Waals surface area contributed by atoms with Gasteiger partial charge < -0.3 is 19.7 Å². The van der Waals surface area contributed by atoms with Gasteiger partial charge in [0.25, 0.3) is 0 Å². The summed E-state index contributed by atoms with van der Waals surface area (Å²) in [4.78, 5) is 57.3. The van der Waals surface area contributed by atoms with Gasteiger partial charge in [0.15, 0.2) is 0 Å². The predicted molar refractivity (Wildman–Crippen MR) is 189 cm³/mol. The monoisotopic (exact) mass is 682 g/mol. The highest BCUT2D eigenvalue weighted by atomic mass is 16.5. The van der Waals surface area contributed by atoms with Gasteiger partial charge in [0, 0.05) is 49.4 Å². The number of carbonyl (C=O) groups is 4. The summed E-state index contributed by atoms with van der Waals surface area (Å²) in [6, 6.07) is 0. The fraction of sp³-hybridized carbons (Fsp3) is 0.756. The number of hydrogen-bond acceptors (Lipinski definition) is 8. The van der Waals surface area contributed by atoms with E-state index < -0.39 is 46.9 Å². The van der Waals surface area contributed by atoms with Crippen molar-refractivity contribution in [2.24, 2.45) is 40.9 Å². The Morgan fingerprint density at radius 1 is 1.00 bits per heavy atom. The second kappa shape index (κ2) is 15.9. The number of ketones is 3. The first kappa shape index (κ1) is 39.4. The van der Waals surface area contributed by atoms with Crippen molar-refractivity contribution >= 4 is 23.3 Å². The highest BCUT2D eigenvalue weighted by molar-refractivity contribution is 5.97. The quantitative estimate of drug-likeness (QED) is 0.234. The molecule has 274 valence electrons. The Bertz CT molecular complexity index is 1370. The number of rotatable bonds is 2. The lowest BCUT2D eigenvalue weighted by Crippen LogP contribution is -2.55. The number of aliphatic hydroxyl groups excluding tert-OH is 1. The second-order valence-electron chi connectivity index (χ2n) is 16.7. The molecular formula is C41H62O8. The van der Waals surface area contributed by atoms with Crippen LogP contribution in [0.25, 0.3) is 0 Å². The summed E-state index contributed by atoms with van der Waals surface area (Å²) in [7, 11) is 1.30. The van der Waals surface area contributed by atoms with Gasteiger partial charge in [-0.15, -0.1) is 0 Å². The molecule has 0 radical (unpaired) electrons. The highest BCUT2D eigenvalue weighted by Crippen LogP contribution is 2.55. The van der Waals surface area contributed by atoms with Gasteiger partial charge in [0.2, 0.25) is 0 Å². The summed E-state index contributed by atoms with van der Waals surface area (Å²) in [5.74, 6) is -3.55. The van der Waals surface area contributed by atoms with Crippen LogP contribution in [0.5, 0.6) is 0 Å². The van der Waals surface area contributed by atoms with Crippen LogP contribution in [0.4, 0.5) is 0 Å². The Morgan fingerprint density at radius 3 is 2.35 bits per heavy atom. The molecule has 4 aliphatic rings. The highest BCUT2D eigenvalue weighted by Gasteiger charge is 2.60. The number of fused-ring (bicyclic) bond motifs is 5. The first-order valence-corrected chi connectivity index (χ1v) is 18.7. The van der Waals surface area contributed by atoms with Crippen molar-refractivity contribution in [3.63, 3.8) is 0 Å². The van der Waals surface area contributed by atoms with E-state index in [0.717, 1.165) is 29.6 Å². The topological polar surface area (TPSA) is 127 Å². The molecule has 49 heavy (non-hydrogen) atoms. The van der Waals surface area contributed by atoms with Crippen LogP contribution in [-0.2, 0) is 28.7 Å². The van der Waals surface area contributed by atoms with Crippen molar-refractivity contribution in [3.8, 4) is 0 Å². The average Bonchev–Trinajstić information content (AvgIpc) is 3.02. The zero-order chi connectivity index (χ0) is 36.4. The van der Waals surface area contributed by atoms with Crippen molar-refractivity contribution < 1.29 is 38.9 Å². The molecule has 2 N–H and O–H groups in total. The molecule has 4 rings (SSSR count). The zero-order valence-corrected chi connectivity index (χ0v) is 31.5. The van der Waals surface area contributed by atoms with Crippen LogP contribution >= 0.6 is 0 Å². The SMILES string of the molecule is COC(=O)[C@@]12CC(=O)[C@@H](C(C)C)CC(=O)[C@@H](C)CCC[C@@H](C)CC(=O)[C@@H]1CC(C)=C1[C@H]2/C=C(\C)CC[C@H]2O[C@@H](CC=C2C)[C@](C)(O)C[C@@H]1O. The van der Waals surface area contributed by atoms with Crippen LogP contribution in [0.3, 0.4) is 0 Å². The molecule has 0 amide bonds. The molecule has 8 nitrogen and oxygen atoms in total. The summed E-state index contributed by atoms with van der Waals surface area (Å²) in [5.41, 5.74) is 0.359. The second-order valence-corrected chi connectivity index (χ2v) is 16.7. The fourth-order valence-corrected chi connectivity index (χ4v) is 9.18. The molecule has 2 aliphatic heterocycles. The molecule has 2 heterocycles. The summed E-state index contributed by atoms with van der Waals surface area (Å²) >= 11 is 0. The van der Waals surface area contributed by atoms with E-state index in [0.29, 0.717) is 31.3 Å². The molecule has 0 saturated heterocycles. The molecular weight excluding hydrogens is 620 g/mol. The molecule has 0 aromatic carbocycles. The number of ether oxygens (including phenoxy) is 2. The molecule has 2 bridgehead atoms. The van der Waals surface area contributed by atoms with E-state index in [1.165, 1.54) is 7.11 Å². The smallest absolute Gasteiger partial charge is 0.313 e. The number of allylic oxidation sites excluding steroid dienone is 3. The minimum absolute atomic E-state index is 0.0304. The maximum absolute atomic E-state index is 14.7. The van der Waals surface area contributed by atoms with Crippen LogP contribution in [0, 0.1) is 40.9 Å². The van der Waals surface area contributed by atoms with Crippen LogP contribution in [-0.4, -0.2) is 64.6 Å². The Morgan fingerprint density at radius 2 is 1.69 bits per heavy atom. The molecule has 2 aliphatic carbocycles. The van der Waals surface area contributed by atoms with Crippen LogP contribution in [0.15, 0.2) is 34.4 Å². The van der Waals surface area contributed by atoms with Crippen molar-refractivity contribution in [2.45, 2.75) is 150 Å². The summed E-state index contributed by atoms with van der Waals surface area (Å²) in [6.45, 7) is 15.4. The first-order chi connectivity index (χ1) is 22.9. The molecule has 0 spiro atoms. The van der Waals surface area contributed by atoms with E-state index in [2.05, 4.69) is 6.08 Å². The van der Waals surface area contributed by atoms with Crippen molar-refractivity contribution in [3.05, 3.63) is 34.4 Å². The van der Waals surface area contributed by atoms with Crippen LogP contribution < -0.4 is 0 Å². The molecule has 0 unspecified atom stereocenters. The Hall–Kier alpha value is -2.42. The molecule has 8 heteroatoms. The van der Waals surface area contributed by atoms with Crippen molar-refractivity contribution in [1.82, 2.24) is 0 Å². The minimum atomic E-state index is -1.64. The summed E-state index contributed by atoms with van der Waals surface area (Å²) in [6.07, 6.45) is 6.46. The average molecular weight is 683 g/mol. The number of Topliss-reactive ketones (excluding diaryl/α,β-unsaturated/α-hetero) is 3. The zero-order valence-electron chi connectivity index (χ0n) is 31.5. The lowest BCUT2D eigenvalue weighted by atomic mass is 9.52. The first-order valence-electron chi connectivity index (χ1n) is 18.7. The lowest BCUT2D eigenvalue weighted by molar-refractivity contribution is -0.167. The number of methoxy groups -OCH3 is 1. The Kier molecular flexibility index (Phi) is 12.7. The van der Waals surface area contributed by atoms with Crippen molar-refractivity contribution in [2.75, 3.05) is 7.11 Å². The van der Waals surface area contributed by atoms with E-state index >= 15 is 0 Å². The Labute approximate surface area is 294 Å². The van der Waals surface area contributed by atoms with Gasteiger partial charge in [-0.25, -0.2) is 0 Å². The minimum Gasteiger partial charge on any atom is -0.469 e. The van der Waals surface area contributed by atoms with E-state index in [4.69, 9.17) is 9.47 Å². The third-order valence-corrected chi connectivity index (χ3v) is 12.4. The number of aliphatic hydroxyl groups is 2. The number of esters is 1. The van der Waals surface area contributed by atoms with Gasteiger partial charge in [-0.05, 0) is 82.8 Å². The largest absolute Gasteiger partial charge is 0.469 e.